The highest BCUT2D eigenvalue weighted by molar-refractivity contribution is 5.77. The highest BCUT2D eigenvalue weighted by Gasteiger charge is 2.27. The minimum absolute atomic E-state index is 0.419. The molecule has 2 aliphatic heterocycles. The maximum Gasteiger partial charge on any atom is 0.163 e. The van der Waals surface area contributed by atoms with E-state index in [1.165, 1.54) is 35.1 Å². The fourth-order valence-corrected chi connectivity index (χ4v) is 7.35. The van der Waals surface area contributed by atoms with Crippen molar-refractivity contribution in [2.45, 2.75) is 51.1 Å². The molecule has 6 rings (SSSR count). The second-order valence-electron chi connectivity index (χ2n) is 13.9. The highest BCUT2D eigenvalue weighted by Crippen LogP contribution is 2.42. The molecule has 0 radical (unpaired) electrons. The van der Waals surface area contributed by atoms with E-state index in [2.05, 4.69) is 87.9 Å². The predicted molar refractivity (Wildman–Crippen MR) is 221 cm³/mol. The Labute approximate surface area is 322 Å². The third-order valence-corrected chi connectivity index (χ3v) is 10.3. The summed E-state index contributed by atoms with van der Waals surface area (Å²) in [6.45, 7) is 13.5. The number of terminal acetylenes is 1. The number of likely N-dealkylation sites (tertiary alicyclic amines) is 1. The number of benzene rings is 2. The Bertz CT molecular complexity index is 1890. The molecule has 1 aromatic heterocycles. The third kappa shape index (κ3) is 10.5. The Hall–Kier alpha value is -5.23. The maximum atomic E-state index is 5.66. The first kappa shape index (κ1) is 40.0. The van der Waals surface area contributed by atoms with E-state index in [-0.39, 0.29) is 0 Å². The molecule has 0 atom stereocenters. The summed E-state index contributed by atoms with van der Waals surface area (Å²) < 4.78 is 22.3. The van der Waals surface area contributed by atoms with Crippen LogP contribution < -0.4 is 19.5 Å². The summed E-state index contributed by atoms with van der Waals surface area (Å²) in [6, 6.07) is 13.5. The average Bonchev–Trinajstić information content (AvgIpc) is 4.07. The van der Waals surface area contributed by atoms with Gasteiger partial charge >= 0.3 is 0 Å². The normalized spacial score (nSPS) is 16.4. The first-order valence-electron chi connectivity index (χ1n) is 18.7. The molecular formula is C46H56N4O4. The van der Waals surface area contributed by atoms with Crippen molar-refractivity contribution in [2.24, 2.45) is 0 Å². The highest BCUT2D eigenvalue weighted by atomic mass is 16.5. The number of allylic oxidation sites excluding steroid dienone is 4. The number of pyridine rings is 1. The summed E-state index contributed by atoms with van der Waals surface area (Å²) >= 11 is 0. The largest absolute Gasteiger partial charge is 0.497 e. The SMILES string of the molecule is C#C/C=C(\C=C/CN(Cc1cncc(-c2cc(C)c(OC)c(OC)c2)c1)C1CCN(CC2=CC(c3cc(OC)cc(C4CC4)c3)=CNC2)CC1)OC.C=C. The van der Waals surface area contributed by atoms with Gasteiger partial charge in [0.15, 0.2) is 11.5 Å². The van der Waals surface area contributed by atoms with E-state index >= 15 is 0 Å². The van der Waals surface area contributed by atoms with Crippen molar-refractivity contribution >= 4 is 5.57 Å². The summed E-state index contributed by atoms with van der Waals surface area (Å²) in [5, 5.41) is 3.55. The number of nitrogens with zero attached hydrogens (tertiary/aromatic N) is 3. The Morgan fingerprint density at radius 3 is 2.44 bits per heavy atom. The summed E-state index contributed by atoms with van der Waals surface area (Å²) in [7, 11) is 6.74. The molecule has 0 unspecified atom stereocenters. The first-order valence-corrected chi connectivity index (χ1v) is 18.7. The minimum atomic E-state index is 0.419. The van der Waals surface area contributed by atoms with Crippen LogP contribution in [0.3, 0.4) is 0 Å². The molecule has 54 heavy (non-hydrogen) atoms. The minimum Gasteiger partial charge on any atom is -0.497 e. The lowest BCUT2D eigenvalue weighted by molar-refractivity contribution is 0.117. The Balaban J connectivity index is 0.00000276. The monoisotopic (exact) mass is 728 g/mol. The molecule has 0 amide bonds. The van der Waals surface area contributed by atoms with E-state index in [4.69, 9.17) is 25.4 Å². The van der Waals surface area contributed by atoms with Crippen LogP contribution in [-0.4, -0.2) is 82.0 Å². The van der Waals surface area contributed by atoms with Crippen molar-refractivity contribution in [1.82, 2.24) is 20.1 Å². The number of ether oxygens (including phenoxy) is 4. The zero-order valence-corrected chi connectivity index (χ0v) is 32.7. The van der Waals surface area contributed by atoms with Crippen LogP contribution in [0.5, 0.6) is 17.2 Å². The number of nitrogens with one attached hydrogen (secondary N) is 1. The molecular weight excluding hydrogens is 673 g/mol. The molecule has 3 heterocycles. The molecule has 2 fully saturated rings. The van der Waals surface area contributed by atoms with Gasteiger partial charge in [-0.15, -0.1) is 19.6 Å². The molecule has 0 bridgehead atoms. The fraction of sp³-hybridized carbons (Fsp3) is 0.370. The number of piperidine rings is 1. The van der Waals surface area contributed by atoms with Gasteiger partial charge in [-0.2, -0.15) is 0 Å². The van der Waals surface area contributed by atoms with Crippen LogP contribution in [0, 0.1) is 19.3 Å². The maximum absolute atomic E-state index is 5.66. The van der Waals surface area contributed by atoms with Crippen molar-refractivity contribution in [3.05, 3.63) is 126 Å². The van der Waals surface area contributed by atoms with Crippen molar-refractivity contribution < 1.29 is 18.9 Å². The van der Waals surface area contributed by atoms with Crippen LogP contribution in [0.4, 0.5) is 0 Å². The van der Waals surface area contributed by atoms with Gasteiger partial charge in [0.25, 0.3) is 0 Å². The van der Waals surface area contributed by atoms with Gasteiger partial charge in [0.05, 0.1) is 28.4 Å². The Morgan fingerprint density at radius 1 is 0.963 bits per heavy atom. The summed E-state index contributed by atoms with van der Waals surface area (Å²) in [6.07, 6.45) is 24.4. The molecule has 3 aromatic rings. The number of methoxy groups -OCH3 is 4. The second kappa shape index (κ2) is 19.7. The van der Waals surface area contributed by atoms with Crippen molar-refractivity contribution in [2.75, 3.05) is 61.2 Å². The van der Waals surface area contributed by atoms with E-state index in [1.54, 1.807) is 34.5 Å². The number of rotatable bonds is 15. The number of dihydropyridines is 1. The molecule has 8 nitrogen and oxygen atoms in total. The third-order valence-electron chi connectivity index (χ3n) is 10.3. The van der Waals surface area contributed by atoms with Gasteiger partial charge in [0.1, 0.15) is 11.5 Å². The lowest BCUT2D eigenvalue weighted by Crippen LogP contribution is -2.45. The topological polar surface area (TPSA) is 68.3 Å². The van der Waals surface area contributed by atoms with Crippen LogP contribution >= 0.6 is 0 Å². The number of hydrogen-bond donors (Lipinski definition) is 1. The van der Waals surface area contributed by atoms with Crippen LogP contribution in [0.1, 0.15) is 53.9 Å². The molecule has 3 aliphatic rings. The molecule has 1 saturated heterocycles. The number of hydrogen-bond acceptors (Lipinski definition) is 8. The molecule has 0 spiro atoms. The van der Waals surface area contributed by atoms with Crippen LogP contribution in [0.15, 0.2) is 104 Å². The number of aromatic nitrogens is 1. The molecule has 1 N–H and O–H groups in total. The van der Waals surface area contributed by atoms with E-state index in [0.29, 0.717) is 23.5 Å². The van der Waals surface area contributed by atoms with E-state index in [0.717, 1.165) is 85.9 Å². The lowest BCUT2D eigenvalue weighted by Gasteiger charge is -2.38. The van der Waals surface area contributed by atoms with Gasteiger partial charge in [-0.25, -0.2) is 0 Å². The smallest absolute Gasteiger partial charge is 0.163 e. The Kier molecular flexibility index (Phi) is 14.6. The summed E-state index contributed by atoms with van der Waals surface area (Å²) in [5.74, 6) is 6.31. The number of aryl methyl sites for hydroxylation is 1. The quantitative estimate of drug-likeness (QED) is 0.0726. The van der Waals surface area contributed by atoms with Gasteiger partial charge in [0, 0.05) is 62.5 Å². The van der Waals surface area contributed by atoms with Gasteiger partial charge in [0.2, 0.25) is 0 Å². The van der Waals surface area contributed by atoms with E-state index in [1.807, 2.05) is 31.5 Å². The fourth-order valence-electron chi connectivity index (χ4n) is 7.35. The zero-order valence-electron chi connectivity index (χ0n) is 32.7. The van der Waals surface area contributed by atoms with Crippen molar-refractivity contribution in [1.29, 1.82) is 0 Å². The molecule has 8 heteroatoms. The van der Waals surface area contributed by atoms with E-state index in [9.17, 15) is 0 Å². The zero-order chi connectivity index (χ0) is 38.5. The van der Waals surface area contributed by atoms with Gasteiger partial charge in [-0.3, -0.25) is 14.8 Å². The van der Waals surface area contributed by atoms with Crippen LogP contribution in [0.2, 0.25) is 0 Å². The van der Waals surface area contributed by atoms with Crippen molar-refractivity contribution in [3.8, 4) is 40.7 Å². The lowest BCUT2D eigenvalue weighted by atomic mass is 9.97. The van der Waals surface area contributed by atoms with Crippen molar-refractivity contribution in [3.63, 3.8) is 0 Å². The average molecular weight is 729 g/mol. The summed E-state index contributed by atoms with van der Waals surface area (Å²) in [5.41, 5.74) is 9.52. The molecule has 2 aromatic carbocycles. The Morgan fingerprint density at radius 2 is 1.76 bits per heavy atom. The molecule has 1 aliphatic carbocycles. The van der Waals surface area contributed by atoms with Crippen LogP contribution in [-0.2, 0) is 11.3 Å². The predicted octanol–water partition coefficient (Wildman–Crippen LogP) is 8.32. The molecule has 284 valence electrons. The van der Waals surface area contributed by atoms with E-state index < -0.39 is 0 Å². The second-order valence-corrected chi connectivity index (χ2v) is 13.9. The van der Waals surface area contributed by atoms with Gasteiger partial charge in [-0.05, 0) is 127 Å². The molecule has 1 saturated carbocycles. The standard InChI is InChI=1S/C44H52N4O4.C2H4/c1-7-9-41(49-3)10-8-15-48(30-33-20-38(27-46-26-33)35-18-31(2)44(52-6)43(24-35)51-5)40-13-16-47(17-14-40)29-32-19-39(28-45-25-32)37-21-36(34-11-12-34)22-42(23-37)50-4;1-2/h1,8-10,18-24,26-28,34,40,45H,11-17,25,29-30H2,2-6H3;1-2H2/b10-8-,41-9+;. The van der Waals surface area contributed by atoms with Gasteiger partial charge < -0.3 is 24.3 Å². The first-order chi connectivity index (χ1) is 26.4. The van der Waals surface area contributed by atoms with Gasteiger partial charge in [-0.1, -0.05) is 24.1 Å². The van der Waals surface area contributed by atoms with Crippen LogP contribution in [0.25, 0.3) is 16.7 Å². The summed E-state index contributed by atoms with van der Waals surface area (Å²) in [4.78, 5) is 9.82.